The number of thioether (sulfide) groups is 1. The van der Waals surface area contributed by atoms with E-state index in [2.05, 4.69) is 10.2 Å². The van der Waals surface area contributed by atoms with E-state index in [0.717, 1.165) is 4.57 Å². The van der Waals surface area contributed by atoms with E-state index in [1.54, 1.807) is 18.5 Å². The van der Waals surface area contributed by atoms with E-state index < -0.39 is 12.7 Å². The number of hydrogen-bond donors (Lipinski definition) is 0. The van der Waals surface area contributed by atoms with E-state index in [-0.39, 0.29) is 11.5 Å². The van der Waals surface area contributed by atoms with E-state index in [1.807, 2.05) is 0 Å². The molecule has 2 heterocycles. The second kappa shape index (κ2) is 6.15. The van der Waals surface area contributed by atoms with Crippen molar-refractivity contribution in [2.24, 2.45) is 7.05 Å². The van der Waals surface area contributed by atoms with E-state index >= 15 is 0 Å². The third kappa shape index (κ3) is 3.70. The minimum absolute atomic E-state index is 0.100. The monoisotopic (exact) mass is 332 g/mol. The van der Waals surface area contributed by atoms with Crippen LogP contribution in [0.3, 0.4) is 0 Å². The van der Waals surface area contributed by atoms with Crippen LogP contribution in [-0.2, 0) is 13.6 Å². The maximum atomic E-state index is 12.6. The van der Waals surface area contributed by atoms with Crippen LogP contribution in [0.2, 0.25) is 0 Å². The van der Waals surface area contributed by atoms with Crippen molar-refractivity contribution in [1.82, 2.24) is 19.3 Å². The Morgan fingerprint density at radius 1 is 1.36 bits per heavy atom. The van der Waals surface area contributed by atoms with Crippen molar-refractivity contribution in [3.8, 4) is 0 Å². The molecule has 0 saturated carbocycles. The first-order chi connectivity index (χ1) is 10.2. The Bertz CT molecular complexity index is 690. The van der Waals surface area contributed by atoms with Crippen molar-refractivity contribution in [3.05, 3.63) is 29.3 Å². The molecule has 5 nitrogen and oxygen atoms in total. The first-order valence-electron chi connectivity index (χ1n) is 6.42. The van der Waals surface area contributed by atoms with Crippen LogP contribution in [0.4, 0.5) is 13.2 Å². The summed E-state index contributed by atoms with van der Waals surface area (Å²) in [7, 11) is 1.75. The van der Waals surface area contributed by atoms with Crippen molar-refractivity contribution in [3.63, 3.8) is 0 Å². The lowest BCUT2D eigenvalue weighted by Gasteiger charge is -2.12. The molecular formula is C13H15F3N4OS. The second-order valence-corrected chi connectivity index (χ2v) is 5.86. The van der Waals surface area contributed by atoms with Crippen molar-refractivity contribution >= 4 is 17.5 Å². The van der Waals surface area contributed by atoms with Crippen molar-refractivity contribution in [2.75, 3.05) is 5.75 Å². The second-order valence-electron chi connectivity index (χ2n) is 4.92. The Kier molecular flexibility index (Phi) is 4.64. The molecule has 0 saturated heterocycles. The summed E-state index contributed by atoms with van der Waals surface area (Å²) in [4.78, 5) is 12.2. The minimum Gasteiger partial charge on any atom is -0.339 e. The minimum atomic E-state index is -4.32. The summed E-state index contributed by atoms with van der Waals surface area (Å²) >= 11 is 1.20. The van der Waals surface area contributed by atoms with Crippen molar-refractivity contribution in [2.45, 2.75) is 31.7 Å². The number of ketones is 1. The van der Waals surface area contributed by atoms with Gasteiger partial charge in [-0.3, -0.25) is 4.79 Å². The smallest absolute Gasteiger partial charge is 0.339 e. The number of aryl methyl sites for hydroxylation is 2. The third-order valence-electron chi connectivity index (χ3n) is 3.21. The van der Waals surface area contributed by atoms with Gasteiger partial charge in [-0.1, -0.05) is 11.8 Å². The standard InChI is InChI=1S/C13H15F3N4OS/c1-8-4-10(9(2)20(8)6-13(14,15)16)11(21)5-22-12-18-17-7-19(12)3/h4,7H,5-6H2,1-3H3. The van der Waals surface area contributed by atoms with E-state index in [0.29, 0.717) is 22.1 Å². The highest BCUT2D eigenvalue weighted by molar-refractivity contribution is 7.99. The fourth-order valence-corrected chi connectivity index (χ4v) is 2.89. The summed E-state index contributed by atoms with van der Waals surface area (Å²) in [6.45, 7) is 2.00. The van der Waals surface area contributed by atoms with Gasteiger partial charge in [-0.2, -0.15) is 13.2 Å². The van der Waals surface area contributed by atoms with E-state index in [1.165, 1.54) is 31.1 Å². The summed E-state index contributed by atoms with van der Waals surface area (Å²) in [6, 6.07) is 1.50. The topological polar surface area (TPSA) is 52.7 Å². The summed E-state index contributed by atoms with van der Waals surface area (Å²) in [5.74, 6) is -0.127. The van der Waals surface area contributed by atoms with Gasteiger partial charge in [-0.05, 0) is 19.9 Å². The van der Waals surface area contributed by atoms with Gasteiger partial charge in [-0.15, -0.1) is 10.2 Å². The zero-order valence-electron chi connectivity index (χ0n) is 12.3. The highest BCUT2D eigenvalue weighted by Crippen LogP contribution is 2.24. The van der Waals surface area contributed by atoms with Crippen LogP contribution >= 0.6 is 11.8 Å². The maximum absolute atomic E-state index is 12.6. The molecule has 0 aliphatic rings. The number of hydrogen-bond acceptors (Lipinski definition) is 4. The molecule has 22 heavy (non-hydrogen) atoms. The number of alkyl halides is 3. The Balaban J connectivity index is 2.13. The van der Waals surface area contributed by atoms with E-state index in [9.17, 15) is 18.0 Å². The van der Waals surface area contributed by atoms with Gasteiger partial charge in [0.05, 0.1) is 5.75 Å². The number of carbonyl (C=O) groups excluding carboxylic acids is 1. The summed E-state index contributed by atoms with van der Waals surface area (Å²) in [5, 5.41) is 8.13. The summed E-state index contributed by atoms with van der Waals surface area (Å²) < 4.78 is 40.5. The quantitative estimate of drug-likeness (QED) is 0.624. The molecule has 9 heteroatoms. The largest absolute Gasteiger partial charge is 0.406 e. The molecule has 0 aliphatic carbocycles. The molecule has 0 radical (unpaired) electrons. The highest BCUT2D eigenvalue weighted by atomic mass is 32.2. The molecule has 0 N–H and O–H groups in total. The van der Waals surface area contributed by atoms with Gasteiger partial charge in [-0.25, -0.2) is 0 Å². The fourth-order valence-electron chi connectivity index (χ4n) is 2.12. The molecule has 0 atom stereocenters. The lowest BCUT2D eigenvalue weighted by molar-refractivity contribution is -0.141. The van der Waals surface area contributed by atoms with Crippen LogP contribution in [0, 0.1) is 13.8 Å². The summed E-state index contributed by atoms with van der Waals surface area (Å²) in [5.41, 5.74) is 1.07. The Labute approximate surface area is 129 Å². The van der Waals surface area contributed by atoms with Gasteiger partial charge >= 0.3 is 6.18 Å². The predicted molar refractivity (Wildman–Crippen MR) is 76.0 cm³/mol. The van der Waals surface area contributed by atoms with Crippen LogP contribution in [0.15, 0.2) is 17.6 Å². The van der Waals surface area contributed by atoms with Gasteiger partial charge in [0, 0.05) is 24.0 Å². The molecule has 0 bridgehead atoms. The zero-order chi connectivity index (χ0) is 16.5. The van der Waals surface area contributed by atoms with Gasteiger partial charge in [0.2, 0.25) is 0 Å². The van der Waals surface area contributed by atoms with Crippen molar-refractivity contribution in [1.29, 1.82) is 0 Å². The predicted octanol–water partition coefficient (Wildman–Crippen LogP) is 2.77. The third-order valence-corrected chi connectivity index (χ3v) is 4.25. The fraction of sp³-hybridized carbons (Fsp3) is 0.462. The number of nitrogens with zero attached hydrogens (tertiary/aromatic N) is 4. The normalized spacial score (nSPS) is 11.9. The molecule has 0 unspecified atom stereocenters. The first kappa shape index (κ1) is 16.6. The molecular weight excluding hydrogens is 317 g/mol. The highest BCUT2D eigenvalue weighted by Gasteiger charge is 2.30. The number of Topliss-reactive ketones (excluding diaryl/α,β-unsaturated/α-hetero) is 1. The average molecular weight is 332 g/mol. The molecule has 2 rings (SSSR count). The molecule has 0 amide bonds. The average Bonchev–Trinajstić information content (AvgIpc) is 2.93. The van der Waals surface area contributed by atoms with Gasteiger partial charge in [0.25, 0.3) is 0 Å². The van der Waals surface area contributed by atoms with Gasteiger partial charge in [0.1, 0.15) is 12.9 Å². The van der Waals surface area contributed by atoms with Crippen LogP contribution in [0.5, 0.6) is 0 Å². The van der Waals surface area contributed by atoms with Crippen LogP contribution < -0.4 is 0 Å². The molecule has 0 aromatic carbocycles. The van der Waals surface area contributed by atoms with Gasteiger partial charge in [0.15, 0.2) is 10.9 Å². The number of carbonyl (C=O) groups is 1. The zero-order valence-corrected chi connectivity index (χ0v) is 13.1. The number of halogens is 3. The molecule has 0 fully saturated rings. The lowest BCUT2D eigenvalue weighted by Crippen LogP contribution is -2.19. The number of aromatic nitrogens is 4. The molecule has 0 spiro atoms. The lowest BCUT2D eigenvalue weighted by atomic mass is 10.2. The van der Waals surface area contributed by atoms with Crippen LogP contribution in [-0.4, -0.2) is 37.0 Å². The van der Waals surface area contributed by atoms with Gasteiger partial charge < -0.3 is 9.13 Å². The summed E-state index contributed by atoms with van der Waals surface area (Å²) in [6.07, 6.45) is -2.80. The molecule has 2 aromatic rings. The van der Waals surface area contributed by atoms with E-state index in [4.69, 9.17) is 0 Å². The molecule has 0 aliphatic heterocycles. The van der Waals surface area contributed by atoms with Crippen LogP contribution in [0.1, 0.15) is 21.7 Å². The van der Waals surface area contributed by atoms with Crippen LogP contribution in [0.25, 0.3) is 0 Å². The Hall–Kier alpha value is -1.77. The Morgan fingerprint density at radius 2 is 2.05 bits per heavy atom. The first-order valence-corrected chi connectivity index (χ1v) is 7.41. The van der Waals surface area contributed by atoms with Crippen molar-refractivity contribution < 1.29 is 18.0 Å². The molecule has 2 aromatic heterocycles. The maximum Gasteiger partial charge on any atom is 0.406 e. The Morgan fingerprint density at radius 3 is 2.59 bits per heavy atom. The SMILES string of the molecule is Cc1cc(C(=O)CSc2nncn2C)c(C)n1CC(F)(F)F. The molecule has 120 valence electrons. The number of rotatable bonds is 5.